The van der Waals surface area contributed by atoms with Gasteiger partial charge in [0.1, 0.15) is 0 Å². The number of hydrogen-bond donors (Lipinski definition) is 1. The summed E-state index contributed by atoms with van der Waals surface area (Å²) in [5.74, 6) is 0.912. The van der Waals surface area contributed by atoms with Crippen molar-refractivity contribution in [3.05, 3.63) is 16.1 Å². The third-order valence-electron chi connectivity index (χ3n) is 3.60. The van der Waals surface area contributed by atoms with Gasteiger partial charge in [-0.1, -0.05) is 13.8 Å². The molecule has 1 fully saturated rings. The van der Waals surface area contributed by atoms with Gasteiger partial charge in [-0.15, -0.1) is 11.3 Å². The summed E-state index contributed by atoms with van der Waals surface area (Å²) in [6, 6.07) is -0.402. The second kappa shape index (κ2) is 6.01. The van der Waals surface area contributed by atoms with Crippen LogP contribution in [0.2, 0.25) is 0 Å². The number of hydrogen-bond acceptors (Lipinski definition) is 4. The zero-order chi connectivity index (χ0) is 14.0. The van der Waals surface area contributed by atoms with E-state index in [9.17, 15) is 4.79 Å². The van der Waals surface area contributed by atoms with E-state index in [1.165, 1.54) is 5.01 Å². The van der Waals surface area contributed by atoms with Crippen LogP contribution in [0.1, 0.15) is 56.2 Å². The SMILES string of the molecule is CC(N)C(=O)N1CCCC(c2nc(C(C)C)cs2)C1. The summed E-state index contributed by atoms with van der Waals surface area (Å²) < 4.78 is 0. The minimum atomic E-state index is -0.402. The van der Waals surface area contributed by atoms with Gasteiger partial charge in [-0.05, 0) is 25.7 Å². The minimum absolute atomic E-state index is 0.0605. The number of aromatic nitrogens is 1. The van der Waals surface area contributed by atoms with E-state index in [-0.39, 0.29) is 5.91 Å². The van der Waals surface area contributed by atoms with Crippen molar-refractivity contribution >= 4 is 17.2 Å². The molecule has 2 N–H and O–H groups in total. The molecule has 2 heterocycles. The van der Waals surface area contributed by atoms with Crippen LogP contribution in [0.25, 0.3) is 0 Å². The molecule has 5 heteroatoms. The Labute approximate surface area is 119 Å². The first-order chi connectivity index (χ1) is 8.99. The highest BCUT2D eigenvalue weighted by atomic mass is 32.1. The van der Waals surface area contributed by atoms with Crippen molar-refractivity contribution < 1.29 is 4.79 Å². The van der Waals surface area contributed by atoms with E-state index >= 15 is 0 Å². The van der Waals surface area contributed by atoms with E-state index in [2.05, 4.69) is 19.2 Å². The molecule has 19 heavy (non-hydrogen) atoms. The van der Waals surface area contributed by atoms with Crippen LogP contribution in [0, 0.1) is 0 Å². The minimum Gasteiger partial charge on any atom is -0.341 e. The van der Waals surface area contributed by atoms with Crippen molar-refractivity contribution in [1.82, 2.24) is 9.88 Å². The fourth-order valence-corrected chi connectivity index (χ4v) is 3.53. The molecule has 1 aromatic rings. The molecule has 2 unspecified atom stereocenters. The van der Waals surface area contributed by atoms with Crippen molar-refractivity contribution in [3.8, 4) is 0 Å². The highest BCUT2D eigenvalue weighted by Crippen LogP contribution is 2.30. The van der Waals surface area contributed by atoms with Crippen LogP contribution in [0.4, 0.5) is 0 Å². The molecule has 4 nitrogen and oxygen atoms in total. The molecule has 1 amide bonds. The summed E-state index contributed by atoms with van der Waals surface area (Å²) in [6.45, 7) is 7.67. The molecule has 2 atom stereocenters. The van der Waals surface area contributed by atoms with Gasteiger partial charge in [-0.25, -0.2) is 4.98 Å². The normalized spacial score (nSPS) is 21.7. The van der Waals surface area contributed by atoms with Crippen molar-refractivity contribution in [2.75, 3.05) is 13.1 Å². The van der Waals surface area contributed by atoms with E-state index in [0.717, 1.165) is 31.6 Å². The van der Waals surface area contributed by atoms with Crippen LogP contribution in [0.15, 0.2) is 5.38 Å². The molecule has 1 aromatic heterocycles. The van der Waals surface area contributed by atoms with Gasteiger partial charge in [-0.3, -0.25) is 4.79 Å². The van der Waals surface area contributed by atoms with Gasteiger partial charge in [0.15, 0.2) is 0 Å². The van der Waals surface area contributed by atoms with E-state index in [4.69, 9.17) is 10.7 Å². The van der Waals surface area contributed by atoms with Crippen LogP contribution < -0.4 is 5.73 Å². The third kappa shape index (κ3) is 3.34. The number of rotatable bonds is 3. The van der Waals surface area contributed by atoms with E-state index in [1.54, 1.807) is 18.3 Å². The Morgan fingerprint density at radius 3 is 2.84 bits per heavy atom. The smallest absolute Gasteiger partial charge is 0.239 e. The molecular formula is C14H23N3OS. The molecule has 0 bridgehead atoms. The van der Waals surface area contributed by atoms with Crippen LogP contribution in [0.5, 0.6) is 0 Å². The number of nitrogens with zero attached hydrogens (tertiary/aromatic N) is 2. The summed E-state index contributed by atoms with van der Waals surface area (Å²) in [5.41, 5.74) is 6.85. The van der Waals surface area contributed by atoms with Gasteiger partial charge >= 0.3 is 0 Å². The Morgan fingerprint density at radius 1 is 1.53 bits per heavy atom. The summed E-state index contributed by atoms with van der Waals surface area (Å²) in [7, 11) is 0. The number of piperidine rings is 1. The second-order valence-electron chi connectivity index (χ2n) is 5.68. The van der Waals surface area contributed by atoms with Crippen molar-refractivity contribution in [2.45, 2.75) is 51.5 Å². The van der Waals surface area contributed by atoms with Gasteiger partial charge < -0.3 is 10.6 Å². The highest BCUT2D eigenvalue weighted by molar-refractivity contribution is 7.09. The predicted octanol–water partition coefficient (Wildman–Crippen LogP) is 2.32. The Balaban J connectivity index is 2.06. The van der Waals surface area contributed by atoms with Crippen molar-refractivity contribution in [1.29, 1.82) is 0 Å². The standard InChI is InChI=1S/C14H23N3OS/c1-9(2)12-8-19-13(16-12)11-5-4-6-17(7-11)14(18)10(3)15/h8-11H,4-7,15H2,1-3H3. The monoisotopic (exact) mass is 281 g/mol. The van der Waals surface area contributed by atoms with Crippen LogP contribution in [0.3, 0.4) is 0 Å². The average Bonchev–Trinajstić information content (AvgIpc) is 2.87. The van der Waals surface area contributed by atoms with Crippen LogP contribution in [-0.2, 0) is 4.79 Å². The molecular weight excluding hydrogens is 258 g/mol. The topological polar surface area (TPSA) is 59.2 Å². The lowest BCUT2D eigenvalue weighted by molar-refractivity contribution is -0.133. The molecule has 106 valence electrons. The molecule has 1 aliphatic heterocycles. The van der Waals surface area contributed by atoms with Gasteiger partial charge in [0.05, 0.1) is 16.7 Å². The van der Waals surface area contributed by atoms with Crippen molar-refractivity contribution in [3.63, 3.8) is 0 Å². The summed E-state index contributed by atoms with van der Waals surface area (Å²) in [4.78, 5) is 18.6. The van der Waals surface area contributed by atoms with Gasteiger partial charge in [-0.2, -0.15) is 0 Å². The number of carbonyl (C=O) groups excluding carboxylic acids is 1. The first-order valence-electron chi connectivity index (χ1n) is 6.98. The summed E-state index contributed by atoms with van der Waals surface area (Å²) in [6.07, 6.45) is 2.16. The fourth-order valence-electron chi connectivity index (χ4n) is 2.42. The molecule has 1 aliphatic rings. The Bertz CT molecular complexity index is 442. The van der Waals surface area contributed by atoms with Gasteiger partial charge in [0.2, 0.25) is 5.91 Å². The van der Waals surface area contributed by atoms with E-state index in [0.29, 0.717) is 11.8 Å². The Hall–Kier alpha value is -0.940. The first kappa shape index (κ1) is 14.5. The van der Waals surface area contributed by atoms with Gasteiger partial charge in [0, 0.05) is 24.4 Å². The molecule has 0 saturated carbocycles. The summed E-state index contributed by atoms with van der Waals surface area (Å²) in [5, 5.41) is 3.32. The summed E-state index contributed by atoms with van der Waals surface area (Å²) >= 11 is 1.73. The number of carbonyl (C=O) groups is 1. The predicted molar refractivity (Wildman–Crippen MR) is 78.4 cm³/mol. The zero-order valence-electron chi connectivity index (χ0n) is 11.9. The number of amides is 1. The lowest BCUT2D eigenvalue weighted by atomic mass is 9.98. The lowest BCUT2D eigenvalue weighted by Crippen LogP contribution is -2.46. The Morgan fingerprint density at radius 2 is 2.26 bits per heavy atom. The molecule has 0 aliphatic carbocycles. The maximum Gasteiger partial charge on any atom is 0.239 e. The van der Waals surface area contributed by atoms with Gasteiger partial charge in [0.25, 0.3) is 0 Å². The maximum absolute atomic E-state index is 12.0. The molecule has 1 saturated heterocycles. The van der Waals surface area contributed by atoms with Crippen molar-refractivity contribution in [2.24, 2.45) is 5.73 Å². The average molecular weight is 281 g/mol. The molecule has 2 rings (SSSR count). The van der Waals surface area contributed by atoms with Crippen LogP contribution >= 0.6 is 11.3 Å². The lowest BCUT2D eigenvalue weighted by Gasteiger charge is -2.32. The molecule has 0 aromatic carbocycles. The van der Waals surface area contributed by atoms with E-state index in [1.807, 2.05) is 4.90 Å². The maximum atomic E-state index is 12.0. The quantitative estimate of drug-likeness (QED) is 0.925. The van der Waals surface area contributed by atoms with E-state index < -0.39 is 6.04 Å². The fraction of sp³-hybridized carbons (Fsp3) is 0.714. The number of nitrogens with two attached hydrogens (primary N) is 1. The highest BCUT2D eigenvalue weighted by Gasteiger charge is 2.28. The number of thiazole rings is 1. The molecule has 0 spiro atoms. The zero-order valence-corrected chi connectivity index (χ0v) is 12.7. The third-order valence-corrected chi connectivity index (χ3v) is 4.63. The second-order valence-corrected chi connectivity index (χ2v) is 6.57. The largest absolute Gasteiger partial charge is 0.341 e. The Kier molecular flexibility index (Phi) is 4.58. The van der Waals surface area contributed by atoms with Crippen LogP contribution in [-0.4, -0.2) is 34.9 Å². The molecule has 0 radical (unpaired) electrons. The number of likely N-dealkylation sites (tertiary alicyclic amines) is 1. The first-order valence-corrected chi connectivity index (χ1v) is 7.86.